The molecular formula is C14H21N3O. The second-order valence-electron chi connectivity index (χ2n) is 4.95. The number of hydrogen-bond acceptors (Lipinski definition) is 3. The maximum Gasteiger partial charge on any atom is 0.234 e. The van der Waals surface area contributed by atoms with Crippen molar-refractivity contribution in [2.75, 3.05) is 18.0 Å². The van der Waals surface area contributed by atoms with E-state index in [1.54, 1.807) is 12.4 Å². The molecule has 4 heteroatoms. The molecule has 1 aromatic heterocycles. The van der Waals surface area contributed by atoms with E-state index in [0.717, 1.165) is 31.4 Å². The van der Waals surface area contributed by atoms with E-state index in [0.29, 0.717) is 13.1 Å². The first-order valence-electron chi connectivity index (χ1n) is 6.65. The third-order valence-electron chi connectivity index (χ3n) is 3.94. The Morgan fingerprint density at radius 2 is 2.00 bits per heavy atom. The van der Waals surface area contributed by atoms with Gasteiger partial charge >= 0.3 is 0 Å². The number of nitrogens with two attached hydrogens (primary N) is 1. The molecule has 18 heavy (non-hydrogen) atoms. The maximum atomic E-state index is 12.8. The molecule has 1 saturated carbocycles. The average molecular weight is 247 g/mol. The largest absolute Gasteiger partial charge is 0.329 e. The van der Waals surface area contributed by atoms with Crippen LogP contribution >= 0.6 is 0 Å². The first-order valence-corrected chi connectivity index (χ1v) is 6.65. The predicted molar refractivity (Wildman–Crippen MR) is 72.2 cm³/mol. The molecule has 1 amide bonds. The normalized spacial score (nSPS) is 17.7. The molecule has 0 bridgehead atoms. The van der Waals surface area contributed by atoms with Crippen molar-refractivity contribution in [1.82, 2.24) is 4.98 Å². The Labute approximate surface area is 108 Å². The van der Waals surface area contributed by atoms with Gasteiger partial charge < -0.3 is 10.6 Å². The zero-order valence-corrected chi connectivity index (χ0v) is 10.9. The van der Waals surface area contributed by atoms with Crippen LogP contribution in [0.1, 0.15) is 32.6 Å². The van der Waals surface area contributed by atoms with Crippen LogP contribution in [-0.4, -0.2) is 24.0 Å². The monoisotopic (exact) mass is 247 g/mol. The van der Waals surface area contributed by atoms with Crippen molar-refractivity contribution in [2.24, 2.45) is 11.1 Å². The van der Waals surface area contributed by atoms with Gasteiger partial charge in [0.25, 0.3) is 0 Å². The SMILES string of the molecule is CCN(C(=O)C1(CN)CCCC1)c1ccncc1. The van der Waals surface area contributed by atoms with Crippen molar-refractivity contribution < 1.29 is 4.79 Å². The summed E-state index contributed by atoms with van der Waals surface area (Å²) in [6.07, 6.45) is 7.49. The fourth-order valence-corrected chi connectivity index (χ4v) is 2.81. The van der Waals surface area contributed by atoms with Crippen LogP contribution in [0.15, 0.2) is 24.5 Å². The van der Waals surface area contributed by atoms with E-state index in [1.807, 2.05) is 24.0 Å². The molecule has 1 fully saturated rings. The predicted octanol–water partition coefficient (Wildman–Crippen LogP) is 1.95. The molecule has 0 aliphatic heterocycles. The van der Waals surface area contributed by atoms with Crippen LogP contribution in [0.2, 0.25) is 0 Å². The summed E-state index contributed by atoms with van der Waals surface area (Å²) < 4.78 is 0. The Morgan fingerprint density at radius 3 is 2.50 bits per heavy atom. The highest BCUT2D eigenvalue weighted by Crippen LogP contribution is 2.39. The Bertz CT molecular complexity index is 399. The van der Waals surface area contributed by atoms with Gasteiger partial charge in [0, 0.05) is 31.2 Å². The van der Waals surface area contributed by atoms with E-state index in [4.69, 9.17) is 5.73 Å². The number of carbonyl (C=O) groups excluding carboxylic acids is 1. The van der Waals surface area contributed by atoms with Crippen molar-refractivity contribution in [3.63, 3.8) is 0 Å². The van der Waals surface area contributed by atoms with Gasteiger partial charge in [0.2, 0.25) is 5.91 Å². The number of carbonyl (C=O) groups is 1. The summed E-state index contributed by atoms with van der Waals surface area (Å²) in [6, 6.07) is 3.75. The zero-order valence-electron chi connectivity index (χ0n) is 10.9. The average Bonchev–Trinajstić information content (AvgIpc) is 2.91. The second-order valence-corrected chi connectivity index (χ2v) is 4.95. The van der Waals surface area contributed by atoms with Gasteiger partial charge in [0.15, 0.2) is 0 Å². The maximum absolute atomic E-state index is 12.8. The zero-order chi connectivity index (χ0) is 13.0. The van der Waals surface area contributed by atoms with Crippen molar-refractivity contribution in [3.8, 4) is 0 Å². The molecule has 0 spiro atoms. The van der Waals surface area contributed by atoms with E-state index >= 15 is 0 Å². The Balaban J connectivity index is 2.25. The van der Waals surface area contributed by atoms with Gasteiger partial charge in [-0.1, -0.05) is 12.8 Å². The van der Waals surface area contributed by atoms with E-state index in [-0.39, 0.29) is 11.3 Å². The van der Waals surface area contributed by atoms with Crippen LogP contribution in [0.3, 0.4) is 0 Å². The number of pyridine rings is 1. The quantitative estimate of drug-likeness (QED) is 0.884. The van der Waals surface area contributed by atoms with Crippen molar-refractivity contribution in [2.45, 2.75) is 32.6 Å². The van der Waals surface area contributed by atoms with Crippen LogP contribution in [0.25, 0.3) is 0 Å². The van der Waals surface area contributed by atoms with Crippen molar-refractivity contribution >= 4 is 11.6 Å². The highest BCUT2D eigenvalue weighted by atomic mass is 16.2. The number of aromatic nitrogens is 1. The van der Waals surface area contributed by atoms with Crippen LogP contribution in [0, 0.1) is 5.41 Å². The Kier molecular flexibility index (Phi) is 3.97. The molecule has 0 radical (unpaired) electrons. The number of anilines is 1. The smallest absolute Gasteiger partial charge is 0.234 e. The van der Waals surface area contributed by atoms with E-state index in [9.17, 15) is 4.79 Å². The summed E-state index contributed by atoms with van der Waals surface area (Å²) >= 11 is 0. The van der Waals surface area contributed by atoms with Gasteiger partial charge in [-0.15, -0.1) is 0 Å². The van der Waals surface area contributed by atoms with Crippen LogP contribution in [-0.2, 0) is 4.79 Å². The number of hydrogen-bond donors (Lipinski definition) is 1. The van der Waals surface area contributed by atoms with Gasteiger partial charge in [-0.05, 0) is 31.9 Å². The lowest BCUT2D eigenvalue weighted by molar-refractivity contribution is -0.127. The minimum Gasteiger partial charge on any atom is -0.329 e. The van der Waals surface area contributed by atoms with Crippen LogP contribution < -0.4 is 10.6 Å². The lowest BCUT2D eigenvalue weighted by Crippen LogP contribution is -2.46. The van der Waals surface area contributed by atoms with Crippen molar-refractivity contribution in [1.29, 1.82) is 0 Å². The summed E-state index contributed by atoms with van der Waals surface area (Å²) in [5.74, 6) is 0.177. The number of amides is 1. The van der Waals surface area contributed by atoms with E-state index < -0.39 is 0 Å². The minimum absolute atomic E-state index is 0.177. The molecule has 2 rings (SSSR count). The molecule has 98 valence electrons. The van der Waals surface area contributed by atoms with Crippen LogP contribution in [0.5, 0.6) is 0 Å². The molecule has 1 heterocycles. The van der Waals surface area contributed by atoms with Crippen molar-refractivity contribution in [3.05, 3.63) is 24.5 Å². The fraction of sp³-hybridized carbons (Fsp3) is 0.571. The standard InChI is InChI=1S/C14H21N3O/c1-2-17(12-5-9-16-10-6-12)13(18)14(11-15)7-3-4-8-14/h5-6,9-10H,2-4,7-8,11,15H2,1H3. The Hall–Kier alpha value is -1.42. The summed E-state index contributed by atoms with van der Waals surface area (Å²) in [5.41, 5.74) is 6.46. The first kappa shape index (κ1) is 13.0. The third kappa shape index (κ3) is 2.25. The third-order valence-corrected chi connectivity index (χ3v) is 3.94. The highest BCUT2D eigenvalue weighted by Gasteiger charge is 2.42. The number of nitrogens with zero attached hydrogens (tertiary/aromatic N) is 2. The molecular weight excluding hydrogens is 226 g/mol. The minimum atomic E-state index is -0.334. The second kappa shape index (κ2) is 5.48. The molecule has 1 aromatic rings. The fourth-order valence-electron chi connectivity index (χ4n) is 2.81. The lowest BCUT2D eigenvalue weighted by Gasteiger charge is -2.32. The molecule has 0 unspecified atom stereocenters. The molecule has 4 nitrogen and oxygen atoms in total. The summed E-state index contributed by atoms with van der Waals surface area (Å²) in [7, 11) is 0. The summed E-state index contributed by atoms with van der Waals surface area (Å²) in [6.45, 7) is 3.12. The van der Waals surface area contributed by atoms with Gasteiger partial charge in [-0.3, -0.25) is 9.78 Å². The Morgan fingerprint density at radius 1 is 1.39 bits per heavy atom. The summed E-state index contributed by atoms with van der Waals surface area (Å²) in [4.78, 5) is 18.6. The first-order chi connectivity index (χ1) is 8.73. The number of rotatable bonds is 4. The molecule has 2 N–H and O–H groups in total. The van der Waals surface area contributed by atoms with Crippen LogP contribution in [0.4, 0.5) is 5.69 Å². The van der Waals surface area contributed by atoms with Gasteiger partial charge in [-0.2, -0.15) is 0 Å². The topological polar surface area (TPSA) is 59.2 Å². The van der Waals surface area contributed by atoms with E-state index in [1.165, 1.54) is 0 Å². The van der Waals surface area contributed by atoms with E-state index in [2.05, 4.69) is 4.98 Å². The molecule has 0 aromatic carbocycles. The lowest BCUT2D eigenvalue weighted by atomic mass is 9.84. The molecule has 1 aliphatic carbocycles. The van der Waals surface area contributed by atoms with Gasteiger partial charge in [0.1, 0.15) is 0 Å². The van der Waals surface area contributed by atoms with Gasteiger partial charge in [0.05, 0.1) is 5.41 Å². The molecule has 1 aliphatic rings. The highest BCUT2D eigenvalue weighted by molar-refractivity contribution is 5.97. The molecule has 0 saturated heterocycles. The molecule has 0 atom stereocenters. The summed E-state index contributed by atoms with van der Waals surface area (Å²) in [5, 5.41) is 0. The van der Waals surface area contributed by atoms with Gasteiger partial charge in [-0.25, -0.2) is 0 Å².